The van der Waals surface area contributed by atoms with Gasteiger partial charge in [-0.05, 0) is 31.2 Å². The van der Waals surface area contributed by atoms with E-state index in [4.69, 9.17) is 9.72 Å². The molecule has 0 fully saturated rings. The van der Waals surface area contributed by atoms with Gasteiger partial charge in [0.05, 0.1) is 28.8 Å². The smallest absolute Gasteiger partial charge is 0.387 e. The first-order chi connectivity index (χ1) is 18.7. The van der Waals surface area contributed by atoms with Crippen LogP contribution in [0.15, 0.2) is 42.6 Å². The number of nitrogens with zero attached hydrogens (tertiary/aromatic N) is 5. The molecule has 0 saturated carbocycles. The van der Waals surface area contributed by atoms with Gasteiger partial charge in [0.25, 0.3) is 5.91 Å². The Bertz CT molecular complexity index is 1660. The fourth-order valence-corrected chi connectivity index (χ4v) is 5.47. The molecule has 6 rings (SSSR count). The lowest BCUT2D eigenvalue weighted by Gasteiger charge is -2.26. The molecule has 1 unspecified atom stereocenters. The highest BCUT2D eigenvalue weighted by atomic mass is 19.3. The summed E-state index contributed by atoms with van der Waals surface area (Å²) < 4.78 is 54.3. The van der Waals surface area contributed by atoms with Crippen LogP contribution in [0.5, 0.6) is 5.75 Å². The number of alkyl halides is 2. The van der Waals surface area contributed by atoms with Gasteiger partial charge in [-0.1, -0.05) is 12.1 Å². The number of fused-ring (bicyclic) bond motifs is 9. The molecule has 200 valence electrons. The first kappa shape index (κ1) is 25.0. The van der Waals surface area contributed by atoms with Gasteiger partial charge >= 0.3 is 6.61 Å². The van der Waals surface area contributed by atoms with E-state index in [1.54, 1.807) is 7.05 Å². The van der Waals surface area contributed by atoms with Crippen LogP contribution in [0.25, 0.3) is 22.3 Å². The topological polar surface area (TPSA) is 99.4 Å². The zero-order chi connectivity index (χ0) is 27.6. The number of halogens is 3. The average molecular weight is 537 g/mol. The van der Waals surface area contributed by atoms with E-state index in [-0.39, 0.29) is 28.2 Å². The number of hydrogen-bond acceptors (Lipinski definition) is 7. The van der Waals surface area contributed by atoms with Crippen LogP contribution >= 0.6 is 0 Å². The first-order valence-corrected chi connectivity index (χ1v) is 12.2. The molecule has 9 nitrogen and oxygen atoms in total. The second kappa shape index (κ2) is 9.16. The van der Waals surface area contributed by atoms with E-state index in [2.05, 4.69) is 14.7 Å². The summed E-state index contributed by atoms with van der Waals surface area (Å²) >= 11 is 0. The number of carbonyl (C=O) groups is 2. The number of aromatic nitrogens is 4. The van der Waals surface area contributed by atoms with Gasteiger partial charge in [0, 0.05) is 43.5 Å². The van der Waals surface area contributed by atoms with E-state index >= 15 is 4.39 Å². The zero-order valence-corrected chi connectivity index (χ0v) is 21.1. The van der Waals surface area contributed by atoms with Gasteiger partial charge in [0.15, 0.2) is 17.4 Å². The number of carbonyl (C=O) groups excluding carboxylic acids is 2. The highest BCUT2D eigenvalue weighted by Crippen LogP contribution is 2.51. The van der Waals surface area contributed by atoms with E-state index in [9.17, 15) is 18.4 Å². The van der Waals surface area contributed by atoms with E-state index in [0.717, 1.165) is 11.6 Å². The van der Waals surface area contributed by atoms with Gasteiger partial charge in [0.2, 0.25) is 5.78 Å². The third-order valence-electron chi connectivity index (χ3n) is 7.37. The lowest BCUT2D eigenvalue weighted by atomic mass is 9.90. The maximum Gasteiger partial charge on any atom is 0.387 e. The Labute approximate surface area is 220 Å². The van der Waals surface area contributed by atoms with Crippen LogP contribution in [0.4, 0.5) is 13.2 Å². The van der Waals surface area contributed by atoms with Crippen molar-refractivity contribution in [2.24, 2.45) is 0 Å². The quantitative estimate of drug-likeness (QED) is 0.332. The maximum atomic E-state index is 16.2. The number of para-hydroxylation sites is 2. The van der Waals surface area contributed by atoms with Crippen LogP contribution in [-0.2, 0) is 4.74 Å². The molecule has 2 aliphatic rings. The summed E-state index contributed by atoms with van der Waals surface area (Å²) in [6.07, 6.45) is 0.771. The number of amides is 1. The molecule has 0 aliphatic carbocycles. The van der Waals surface area contributed by atoms with Crippen LogP contribution in [0.2, 0.25) is 0 Å². The zero-order valence-electron chi connectivity index (χ0n) is 21.1. The third kappa shape index (κ3) is 3.77. The Hall–Kier alpha value is -4.32. The monoisotopic (exact) mass is 537 g/mol. The maximum absolute atomic E-state index is 16.2. The number of rotatable bonds is 6. The number of methoxy groups -OCH3 is 1. The molecule has 4 aromatic rings. The van der Waals surface area contributed by atoms with Crippen molar-refractivity contribution < 1.29 is 32.2 Å². The minimum absolute atomic E-state index is 0.00257. The van der Waals surface area contributed by atoms with Gasteiger partial charge in [-0.2, -0.15) is 8.78 Å². The van der Waals surface area contributed by atoms with Crippen molar-refractivity contribution >= 4 is 22.7 Å². The SMILES string of the molecule is COC(C)C(=O)c1nccc(-c2c(F)c(OC(F)F)cc3c2[C@H]2C[C@H](c4nc5ccccc5n42)N(C)C3=O)n1. The van der Waals surface area contributed by atoms with Crippen LogP contribution in [0.3, 0.4) is 0 Å². The predicted molar refractivity (Wildman–Crippen MR) is 132 cm³/mol. The van der Waals surface area contributed by atoms with Crippen molar-refractivity contribution in [2.75, 3.05) is 14.2 Å². The highest BCUT2D eigenvalue weighted by molar-refractivity contribution is 6.00. The van der Waals surface area contributed by atoms with Crippen LogP contribution in [-0.4, -0.2) is 63.0 Å². The Morgan fingerprint density at radius 1 is 1.15 bits per heavy atom. The van der Waals surface area contributed by atoms with Gasteiger partial charge in [0.1, 0.15) is 11.9 Å². The van der Waals surface area contributed by atoms with E-state index < -0.39 is 48.1 Å². The molecule has 2 aromatic heterocycles. The summed E-state index contributed by atoms with van der Waals surface area (Å²) in [5, 5.41) is 0. The Balaban J connectivity index is 1.66. The molecule has 2 aromatic carbocycles. The largest absolute Gasteiger partial charge is 0.432 e. The minimum atomic E-state index is -3.34. The van der Waals surface area contributed by atoms with Crippen molar-refractivity contribution in [2.45, 2.75) is 38.1 Å². The van der Waals surface area contributed by atoms with Gasteiger partial charge < -0.3 is 18.9 Å². The molecule has 39 heavy (non-hydrogen) atoms. The summed E-state index contributed by atoms with van der Waals surface area (Å²) in [4.78, 5) is 41.0. The van der Waals surface area contributed by atoms with Crippen molar-refractivity contribution in [1.82, 2.24) is 24.4 Å². The average Bonchev–Trinajstić information content (AvgIpc) is 3.46. The number of hydrogen-bond donors (Lipinski definition) is 0. The van der Waals surface area contributed by atoms with E-state index in [1.807, 2.05) is 28.8 Å². The van der Waals surface area contributed by atoms with Crippen molar-refractivity contribution in [3.05, 3.63) is 71.2 Å². The molecule has 1 amide bonds. The molecule has 0 radical (unpaired) electrons. The molecule has 2 bridgehead atoms. The molecule has 3 atom stereocenters. The standard InChI is InChI=1S/C27H22F3N5O4/c1-12(38-3)23(36)24-31-9-8-15(32-24)21-20-13(10-19(22(21)28)39-27(29)30)26(37)34(2)18-11-17(20)35-16-7-5-4-6-14(16)33-25(18)35/h4-10,12,17-18,27H,11H2,1-3H3/t12?,17-,18-/m1/s1. The Morgan fingerprint density at radius 3 is 2.67 bits per heavy atom. The van der Waals surface area contributed by atoms with Gasteiger partial charge in [-0.3, -0.25) is 9.59 Å². The third-order valence-corrected chi connectivity index (χ3v) is 7.37. The van der Waals surface area contributed by atoms with Gasteiger partial charge in [-0.15, -0.1) is 0 Å². The second-order valence-corrected chi connectivity index (χ2v) is 9.42. The summed E-state index contributed by atoms with van der Waals surface area (Å²) in [6, 6.07) is 8.76. The lowest BCUT2D eigenvalue weighted by molar-refractivity contribution is -0.0522. The second-order valence-electron chi connectivity index (χ2n) is 9.42. The number of Topliss-reactive ketones (excluding diaryl/α,β-unsaturated/α-hetero) is 1. The fourth-order valence-electron chi connectivity index (χ4n) is 5.47. The predicted octanol–water partition coefficient (Wildman–Crippen LogP) is 4.57. The van der Waals surface area contributed by atoms with Crippen molar-refractivity contribution in [1.29, 1.82) is 0 Å². The highest BCUT2D eigenvalue weighted by Gasteiger charge is 2.46. The number of ether oxygens (including phenoxy) is 2. The van der Waals surface area contributed by atoms with Crippen LogP contribution in [0.1, 0.15) is 57.8 Å². The molecular weight excluding hydrogens is 515 g/mol. The summed E-state index contributed by atoms with van der Waals surface area (Å²) in [5.74, 6) is -2.59. The van der Waals surface area contributed by atoms with Crippen LogP contribution < -0.4 is 4.74 Å². The van der Waals surface area contributed by atoms with E-state index in [0.29, 0.717) is 17.8 Å². The Morgan fingerprint density at radius 2 is 1.92 bits per heavy atom. The molecule has 0 spiro atoms. The lowest BCUT2D eigenvalue weighted by Crippen LogP contribution is -2.31. The van der Waals surface area contributed by atoms with Crippen LogP contribution in [0, 0.1) is 5.82 Å². The normalized spacial score (nSPS) is 18.7. The number of benzene rings is 2. The number of imidazole rings is 1. The Kier molecular flexibility index (Phi) is 5.87. The molecule has 4 heterocycles. The molecule has 2 aliphatic heterocycles. The molecule has 12 heteroatoms. The number of ketones is 1. The first-order valence-electron chi connectivity index (χ1n) is 12.2. The minimum Gasteiger partial charge on any atom is -0.432 e. The molecule has 0 N–H and O–H groups in total. The summed E-state index contributed by atoms with van der Waals surface area (Å²) in [5.41, 5.74) is 1.44. The molecule has 0 saturated heterocycles. The summed E-state index contributed by atoms with van der Waals surface area (Å²) in [6.45, 7) is -1.82. The van der Waals surface area contributed by atoms with Gasteiger partial charge in [-0.25, -0.2) is 19.3 Å². The van der Waals surface area contributed by atoms with Crippen molar-refractivity contribution in [3.8, 4) is 17.0 Å². The fraction of sp³-hybridized carbons (Fsp3) is 0.296. The van der Waals surface area contributed by atoms with E-state index in [1.165, 1.54) is 31.2 Å². The molecular formula is C27H22F3N5O4. The summed E-state index contributed by atoms with van der Waals surface area (Å²) in [7, 11) is 2.95. The van der Waals surface area contributed by atoms with Crippen molar-refractivity contribution in [3.63, 3.8) is 0 Å².